The van der Waals surface area contributed by atoms with E-state index < -0.39 is 0 Å². The SMILES string of the molecule is COc1ccc(F)cc1N1CCN(c2ncnc3c2cnn3-c2ccccc2)CC1. The van der Waals surface area contributed by atoms with Crippen LogP contribution in [0.5, 0.6) is 5.75 Å². The van der Waals surface area contributed by atoms with Gasteiger partial charge in [-0.25, -0.2) is 19.0 Å². The third-order valence-corrected chi connectivity index (χ3v) is 5.41. The lowest BCUT2D eigenvalue weighted by molar-refractivity contribution is 0.412. The van der Waals surface area contributed by atoms with Crippen molar-refractivity contribution in [3.05, 3.63) is 66.9 Å². The van der Waals surface area contributed by atoms with Gasteiger partial charge in [-0.1, -0.05) is 18.2 Å². The fraction of sp³-hybridized carbons (Fsp3) is 0.227. The molecular formula is C22H21FN6O. The minimum atomic E-state index is -0.265. The summed E-state index contributed by atoms with van der Waals surface area (Å²) >= 11 is 0. The van der Waals surface area contributed by atoms with Gasteiger partial charge >= 0.3 is 0 Å². The van der Waals surface area contributed by atoms with Crippen LogP contribution in [0.25, 0.3) is 16.7 Å². The van der Waals surface area contributed by atoms with Crippen molar-refractivity contribution in [1.29, 1.82) is 0 Å². The Morgan fingerprint density at radius 2 is 1.70 bits per heavy atom. The van der Waals surface area contributed by atoms with E-state index in [0.717, 1.165) is 54.4 Å². The number of halogens is 1. The van der Waals surface area contributed by atoms with Gasteiger partial charge in [-0.05, 0) is 24.3 Å². The minimum absolute atomic E-state index is 0.265. The second-order valence-electron chi connectivity index (χ2n) is 7.12. The second-order valence-corrected chi connectivity index (χ2v) is 7.12. The van der Waals surface area contributed by atoms with E-state index in [4.69, 9.17) is 4.74 Å². The van der Waals surface area contributed by atoms with E-state index in [1.54, 1.807) is 19.5 Å². The van der Waals surface area contributed by atoms with Crippen molar-refractivity contribution in [3.8, 4) is 11.4 Å². The summed E-state index contributed by atoms with van der Waals surface area (Å²) in [5, 5.41) is 5.45. The van der Waals surface area contributed by atoms with Gasteiger partial charge in [0.05, 0.1) is 30.1 Å². The van der Waals surface area contributed by atoms with Crippen LogP contribution in [0.15, 0.2) is 61.1 Å². The smallest absolute Gasteiger partial charge is 0.168 e. The normalized spacial score (nSPS) is 14.3. The van der Waals surface area contributed by atoms with Gasteiger partial charge in [0, 0.05) is 32.2 Å². The average Bonchev–Trinajstić information content (AvgIpc) is 3.24. The first-order chi connectivity index (χ1) is 14.7. The Labute approximate surface area is 173 Å². The van der Waals surface area contributed by atoms with Gasteiger partial charge in [0.25, 0.3) is 0 Å². The summed E-state index contributed by atoms with van der Waals surface area (Å²) in [5.41, 5.74) is 2.52. The molecule has 5 rings (SSSR count). The zero-order chi connectivity index (χ0) is 20.5. The molecule has 0 amide bonds. The van der Waals surface area contributed by atoms with Gasteiger partial charge in [0.2, 0.25) is 0 Å². The van der Waals surface area contributed by atoms with Crippen LogP contribution in [0.3, 0.4) is 0 Å². The number of nitrogens with zero attached hydrogens (tertiary/aromatic N) is 6. The van der Waals surface area contributed by atoms with Gasteiger partial charge in [0.1, 0.15) is 23.7 Å². The van der Waals surface area contributed by atoms with Crippen molar-refractivity contribution in [2.45, 2.75) is 0 Å². The number of fused-ring (bicyclic) bond motifs is 1. The largest absolute Gasteiger partial charge is 0.495 e. The van der Waals surface area contributed by atoms with Crippen molar-refractivity contribution in [2.24, 2.45) is 0 Å². The van der Waals surface area contributed by atoms with Gasteiger partial charge in [0.15, 0.2) is 5.65 Å². The highest BCUT2D eigenvalue weighted by atomic mass is 19.1. The van der Waals surface area contributed by atoms with E-state index in [1.165, 1.54) is 12.1 Å². The fourth-order valence-corrected chi connectivity index (χ4v) is 3.91. The molecular weight excluding hydrogens is 383 g/mol. The van der Waals surface area contributed by atoms with Crippen LogP contribution >= 0.6 is 0 Å². The number of hydrogen-bond acceptors (Lipinski definition) is 6. The highest BCUT2D eigenvalue weighted by molar-refractivity contribution is 5.87. The van der Waals surface area contributed by atoms with E-state index in [0.29, 0.717) is 5.75 Å². The number of rotatable bonds is 4. The number of methoxy groups -OCH3 is 1. The van der Waals surface area contributed by atoms with Crippen molar-refractivity contribution in [3.63, 3.8) is 0 Å². The number of anilines is 2. The second kappa shape index (κ2) is 7.62. The molecule has 1 aliphatic rings. The average molecular weight is 404 g/mol. The van der Waals surface area contributed by atoms with Gasteiger partial charge < -0.3 is 14.5 Å². The minimum Gasteiger partial charge on any atom is -0.495 e. The molecule has 0 unspecified atom stereocenters. The molecule has 0 radical (unpaired) electrons. The summed E-state index contributed by atoms with van der Waals surface area (Å²) in [5.74, 6) is 1.28. The standard InChI is InChI=1S/C22H21FN6O/c1-30-20-8-7-16(23)13-19(20)27-9-11-28(12-10-27)21-18-14-26-29(22(18)25-15-24-21)17-5-3-2-4-6-17/h2-8,13-15H,9-12H2,1H3. The lowest BCUT2D eigenvalue weighted by Crippen LogP contribution is -2.47. The van der Waals surface area contributed by atoms with Crippen molar-refractivity contribution in [1.82, 2.24) is 19.7 Å². The summed E-state index contributed by atoms with van der Waals surface area (Å²) in [6, 6.07) is 14.5. The highest BCUT2D eigenvalue weighted by Crippen LogP contribution is 2.31. The Bertz CT molecular complexity index is 1170. The van der Waals surface area contributed by atoms with Crippen LogP contribution in [-0.2, 0) is 0 Å². The monoisotopic (exact) mass is 404 g/mol. The molecule has 1 fully saturated rings. The number of benzene rings is 2. The summed E-state index contributed by atoms with van der Waals surface area (Å²) in [6.45, 7) is 2.97. The quantitative estimate of drug-likeness (QED) is 0.520. The molecule has 0 N–H and O–H groups in total. The lowest BCUT2D eigenvalue weighted by Gasteiger charge is -2.37. The molecule has 4 aromatic rings. The van der Waals surface area contributed by atoms with Gasteiger partial charge in [-0.3, -0.25) is 0 Å². The molecule has 2 aromatic carbocycles. The molecule has 30 heavy (non-hydrogen) atoms. The van der Waals surface area contributed by atoms with Crippen LogP contribution in [-0.4, -0.2) is 53.0 Å². The first-order valence-corrected chi connectivity index (χ1v) is 9.82. The van der Waals surface area contributed by atoms with Gasteiger partial charge in [-0.2, -0.15) is 5.10 Å². The zero-order valence-electron chi connectivity index (χ0n) is 16.6. The fourth-order valence-electron chi connectivity index (χ4n) is 3.91. The molecule has 152 valence electrons. The van der Waals surface area contributed by atoms with E-state index in [2.05, 4.69) is 24.9 Å². The highest BCUT2D eigenvalue weighted by Gasteiger charge is 2.23. The molecule has 0 spiro atoms. The maximum atomic E-state index is 13.8. The van der Waals surface area contributed by atoms with E-state index in [9.17, 15) is 4.39 Å². The van der Waals surface area contributed by atoms with Crippen LogP contribution in [0.2, 0.25) is 0 Å². The number of hydrogen-bond donors (Lipinski definition) is 0. The molecule has 2 aromatic heterocycles. The molecule has 0 atom stereocenters. The molecule has 1 saturated heterocycles. The molecule has 8 heteroatoms. The predicted molar refractivity (Wildman–Crippen MR) is 114 cm³/mol. The number of piperazine rings is 1. The summed E-state index contributed by atoms with van der Waals surface area (Å²) in [7, 11) is 1.61. The molecule has 0 bridgehead atoms. The van der Waals surface area contributed by atoms with Crippen molar-refractivity contribution < 1.29 is 9.13 Å². The van der Waals surface area contributed by atoms with Crippen LogP contribution in [0.4, 0.5) is 15.9 Å². The van der Waals surface area contributed by atoms with Crippen LogP contribution in [0.1, 0.15) is 0 Å². The summed E-state index contributed by atoms with van der Waals surface area (Å²) in [4.78, 5) is 13.4. The van der Waals surface area contributed by atoms with Gasteiger partial charge in [-0.15, -0.1) is 0 Å². The Hall–Kier alpha value is -3.68. The first kappa shape index (κ1) is 18.4. The maximum Gasteiger partial charge on any atom is 0.168 e. The lowest BCUT2D eigenvalue weighted by atomic mass is 10.2. The van der Waals surface area contributed by atoms with E-state index in [1.807, 2.05) is 41.2 Å². The Morgan fingerprint density at radius 3 is 2.47 bits per heavy atom. The van der Waals surface area contributed by atoms with E-state index >= 15 is 0 Å². The maximum absolute atomic E-state index is 13.8. The first-order valence-electron chi connectivity index (χ1n) is 9.82. The Kier molecular flexibility index (Phi) is 4.66. The van der Waals surface area contributed by atoms with E-state index in [-0.39, 0.29) is 5.82 Å². The number of ether oxygens (including phenoxy) is 1. The topological polar surface area (TPSA) is 59.3 Å². The molecule has 0 saturated carbocycles. The van der Waals surface area contributed by atoms with Crippen LogP contribution in [0, 0.1) is 5.82 Å². The molecule has 3 heterocycles. The van der Waals surface area contributed by atoms with Crippen LogP contribution < -0.4 is 14.5 Å². The summed E-state index contributed by atoms with van der Waals surface area (Å²) < 4.78 is 21.0. The van der Waals surface area contributed by atoms with Crippen molar-refractivity contribution >= 4 is 22.5 Å². The third-order valence-electron chi connectivity index (χ3n) is 5.41. The predicted octanol–water partition coefficient (Wildman–Crippen LogP) is 3.29. The molecule has 0 aliphatic carbocycles. The number of para-hydroxylation sites is 1. The zero-order valence-corrected chi connectivity index (χ0v) is 16.6. The Morgan fingerprint density at radius 1 is 0.933 bits per heavy atom. The molecule has 7 nitrogen and oxygen atoms in total. The third kappa shape index (κ3) is 3.20. The van der Waals surface area contributed by atoms with Crippen molar-refractivity contribution in [2.75, 3.05) is 43.1 Å². The Balaban J connectivity index is 1.41. The molecule has 1 aliphatic heterocycles. The number of aromatic nitrogens is 4. The summed E-state index contributed by atoms with van der Waals surface area (Å²) in [6.07, 6.45) is 3.40.